The molecule has 1 aromatic rings. The Morgan fingerprint density at radius 3 is 2.95 bits per heavy atom. The number of ether oxygens (including phenoxy) is 1. The largest absolute Gasteiger partial charge is 0.480 e. The molecular weight excluding hydrogens is 266 g/mol. The van der Waals surface area contributed by atoms with Crippen molar-refractivity contribution < 1.29 is 14.6 Å². The van der Waals surface area contributed by atoms with Crippen LogP contribution in [0.5, 0.6) is 0 Å². The van der Waals surface area contributed by atoms with E-state index in [1.54, 1.807) is 12.5 Å². The van der Waals surface area contributed by atoms with Gasteiger partial charge >= 0.3 is 5.97 Å². The van der Waals surface area contributed by atoms with E-state index < -0.39 is 12.0 Å². The van der Waals surface area contributed by atoms with Crippen LogP contribution in [-0.2, 0) is 9.53 Å². The molecule has 19 heavy (non-hydrogen) atoms. The van der Waals surface area contributed by atoms with E-state index in [1.165, 1.54) is 11.3 Å². The first-order valence-electron chi connectivity index (χ1n) is 6.29. The van der Waals surface area contributed by atoms with Crippen LogP contribution in [-0.4, -0.2) is 42.9 Å². The van der Waals surface area contributed by atoms with Gasteiger partial charge in [-0.3, -0.25) is 4.79 Å². The summed E-state index contributed by atoms with van der Waals surface area (Å²) in [6, 6.07) is -1.03. The first-order valence-corrected chi connectivity index (χ1v) is 7.17. The van der Waals surface area contributed by atoms with Gasteiger partial charge in [0.2, 0.25) is 0 Å². The average Bonchev–Trinajstić information content (AvgIpc) is 2.88. The van der Waals surface area contributed by atoms with Gasteiger partial charge in [-0.05, 0) is 18.8 Å². The summed E-state index contributed by atoms with van der Waals surface area (Å²) in [6.07, 6.45) is 2.15. The number of aromatic nitrogens is 1. The number of piperidine rings is 1. The Labute approximate surface area is 116 Å². The Kier molecular flexibility index (Phi) is 4.73. The van der Waals surface area contributed by atoms with Crippen LogP contribution in [0.4, 0.5) is 5.13 Å². The molecule has 2 heterocycles. The molecule has 3 N–H and O–H groups in total. The molecule has 0 aliphatic carbocycles. The quantitative estimate of drug-likeness (QED) is 0.842. The number of carboxylic acid groups (broad SMARTS) is 1. The Morgan fingerprint density at radius 1 is 1.68 bits per heavy atom. The predicted molar refractivity (Wildman–Crippen MR) is 73.5 cm³/mol. The third-order valence-corrected chi connectivity index (χ3v) is 4.30. The van der Waals surface area contributed by atoms with Gasteiger partial charge < -0.3 is 20.5 Å². The predicted octanol–water partition coefficient (Wildman–Crippen LogP) is 1.09. The molecule has 0 saturated carbocycles. The smallest absolute Gasteiger partial charge is 0.326 e. The number of carbonyl (C=O) groups is 1. The van der Waals surface area contributed by atoms with E-state index in [0.29, 0.717) is 11.6 Å². The molecule has 1 unspecified atom stereocenters. The van der Waals surface area contributed by atoms with Gasteiger partial charge in [0.1, 0.15) is 6.04 Å². The zero-order chi connectivity index (χ0) is 13.8. The van der Waals surface area contributed by atoms with Crippen LogP contribution >= 0.6 is 11.3 Å². The van der Waals surface area contributed by atoms with Crippen LogP contribution in [0.1, 0.15) is 24.6 Å². The molecule has 1 aliphatic heterocycles. The molecule has 1 saturated heterocycles. The molecule has 7 heteroatoms. The van der Waals surface area contributed by atoms with Crippen LogP contribution in [0.2, 0.25) is 0 Å². The minimum atomic E-state index is -1.05. The molecule has 106 valence electrons. The minimum absolute atomic E-state index is 0.437. The molecule has 0 bridgehead atoms. The summed E-state index contributed by atoms with van der Waals surface area (Å²) in [5.41, 5.74) is 5.99. The third-order valence-electron chi connectivity index (χ3n) is 3.38. The SMILES string of the molecule is COCC1CCN(c2nc(C(N)C(=O)O)cs2)CC1. The molecule has 0 amide bonds. The van der Waals surface area contributed by atoms with E-state index >= 15 is 0 Å². The molecule has 1 aromatic heterocycles. The number of hydrogen-bond acceptors (Lipinski definition) is 6. The molecule has 6 nitrogen and oxygen atoms in total. The van der Waals surface area contributed by atoms with E-state index in [0.717, 1.165) is 37.7 Å². The lowest BCUT2D eigenvalue weighted by atomic mass is 9.98. The first kappa shape index (κ1) is 14.2. The van der Waals surface area contributed by atoms with Gasteiger partial charge in [0.15, 0.2) is 5.13 Å². The molecule has 1 atom stereocenters. The topological polar surface area (TPSA) is 88.7 Å². The van der Waals surface area contributed by atoms with E-state index in [9.17, 15) is 4.79 Å². The average molecular weight is 285 g/mol. The van der Waals surface area contributed by atoms with Gasteiger partial charge in [-0.2, -0.15) is 0 Å². The number of anilines is 1. The van der Waals surface area contributed by atoms with Gasteiger partial charge in [-0.25, -0.2) is 4.98 Å². The zero-order valence-electron chi connectivity index (χ0n) is 10.9. The molecule has 1 fully saturated rings. The van der Waals surface area contributed by atoms with Gasteiger partial charge in [0.25, 0.3) is 0 Å². The Morgan fingerprint density at radius 2 is 2.37 bits per heavy atom. The van der Waals surface area contributed by atoms with Crippen LogP contribution in [0.15, 0.2) is 5.38 Å². The normalized spacial score (nSPS) is 18.5. The maximum Gasteiger partial charge on any atom is 0.326 e. The second-order valence-electron chi connectivity index (χ2n) is 4.76. The Bertz CT molecular complexity index is 430. The lowest BCUT2D eigenvalue weighted by molar-refractivity contribution is -0.138. The van der Waals surface area contributed by atoms with Gasteiger partial charge in [-0.15, -0.1) is 11.3 Å². The van der Waals surface area contributed by atoms with Gasteiger partial charge in [0.05, 0.1) is 5.69 Å². The number of nitrogens with zero attached hydrogens (tertiary/aromatic N) is 2. The van der Waals surface area contributed by atoms with E-state index in [1.807, 2.05) is 0 Å². The number of thiazole rings is 1. The number of methoxy groups -OCH3 is 1. The van der Waals surface area contributed by atoms with Crippen molar-refractivity contribution in [1.82, 2.24) is 4.98 Å². The summed E-state index contributed by atoms with van der Waals surface area (Å²) in [4.78, 5) is 17.3. The molecular formula is C12H19N3O3S. The first-order chi connectivity index (χ1) is 9.11. The van der Waals surface area contributed by atoms with Gasteiger partial charge in [0, 0.05) is 32.2 Å². The van der Waals surface area contributed by atoms with Crippen LogP contribution < -0.4 is 10.6 Å². The lowest BCUT2D eigenvalue weighted by Gasteiger charge is -2.31. The second kappa shape index (κ2) is 6.31. The van der Waals surface area contributed by atoms with Crippen LogP contribution in [0.3, 0.4) is 0 Å². The van der Waals surface area contributed by atoms with Gasteiger partial charge in [-0.1, -0.05) is 0 Å². The number of hydrogen-bond donors (Lipinski definition) is 2. The molecule has 0 radical (unpaired) electrons. The molecule has 0 aromatic carbocycles. The maximum absolute atomic E-state index is 10.8. The Balaban J connectivity index is 1.95. The lowest BCUT2D eigenvalue weighted by Crippen LogP contribution is -2.35. The van der Waals surface area contributed by atoms with Crippen molar-refractivity contribution in [3.8, 4) is 0 Å². The summed E-state index contributed by atoms with van der Waals surface area (Å²) in [5, 5.41) is 11.5. The molecule has 1 aliphatic rings. The molecule has 2 rings (SSSR count). The molecule has 0 spiro atoms. The number of nitrogens with two attached hydrogens (primary N) is 1. The minimum Gasteiger partial charge on any atom is -0.480 e. The standard InChI is InChI=1S/C12H19N3O3S/c1-18-6-8-2-4-15(5-3-8)12-14-9(7-19-12)10(13)11(16)17/h7-8,10H,2-6,13H2,1H3,(H,16,17). The highest BCUT2D eigenvalue weighted by Crippen LogP contribution is 2.27. The van der Waals surface area contributed by atoms with Crippen LogP contribution in [0.25, 0.3) is 0 Å². The van der Waals surface area contributed by atoms with Crippen molar-refractivity contribution in [3.63, 3.8) is 0 Å². The van der Waals surface area contributed by atoms with Crippen molar-refractivity contribution in [3.05, 3.63) is 11.1 Å². The number of aliphatic carboxylic acids is 1. The van der Waals surface area contributed by atoms with Crippen molar-refractivity contribution in [1.29, 1.82) is 0 Å². The highest BCUT2D eigenvalue weighted by Gasteiger charge is 2.23. The number of carboxylic acids is 1. The van der Waals surface area contributed by atoms with E-state index in [4.69, 9.17) is 15.6 Å². The second-order valence-corrected chi connectivity index (χ2v) is 5.59. The Hall–Kier alpha value is -1.18. The van der Waals surface area contributed by atoms with Crippen molar-refractivity contribution in [2.75, 3.05) is 31.7 Å². The van der Waals surface area contributed by atoms with E-state index in [2.05, 4.69) is 9.88 Å². The number of rotatable bonds is 5. The fourth-order valence-corrected chi connectivity index (χ4v) is 3.13. The summed E-state index contributed by atoms with van der Waals surface area (Å²) >= 11 is 1.46. The third kappa shape index (κ3) is 3.43. The monoisotopic (exact) mass is 285 g/mol. The fraction of sp³-hybridized carbons (Fsp3) is 0.667. The summed E-state index contributed by atoms with van der Waals surface area (Å²) in [6.45, 7) is 2.67. The fourth-order valence-electron chi connectivity index (χ4n) is 2.22. The zero-order valence-corrected chi connectivity index (χ0v) is 11.7. The maximum atomic E-state index is 10.8. The highest BCUT2D eigenvalue weighted by atomic mass is 32.1. The van der Waals surface area contributed by atoms with E-state index in [-0.39, 0.29) is 0 Å². The summed E-state index contributed by atoms with van der Waals surface area (Å²) in [5.74, 6) is -0.433. The van der Waals surface area contributed by atoms with Crippen molar-refractivity contribution >= 4 is 22.4 Å². The van der Waals surface area contributed by atoms with Crippen molar-refractivity contribution in [2.45, 2.75) is 18.9 Å². The summed E-state index contributed by atoms with van der Waals surface area (Å²) < 4.78 is 5.17. The van der Waals surface area contributed by atoms with Crippen LogP contribution in [0, 0.1) is 5.92 Å². The van der Waals surface area contributed by atoms with Crippen molar-refractivity contribution in [2.24, 2.45) is 11.7 Å². The summed E-state index contributed by atoms with van der Waals surface area (Å²) in [7, 11) is 1.73. The highest BCUT2D eigenvalue weighted by molar-refractivity contribution is 7.13.